The number of anilines is 2. The van der Waals surface area contributed by atoms with Crippen molar-refractivity contribution in [3.63, 3.8) is 0 Å². The molecule has 0 amide bonds. The first-order chi connectivity index (χ1) is 10.1. The summed E-state index contributed by atoms with van der Waals surface area (Å²) < 4.78 is 0. The molecule has 0 radical (unpaired) electrons. The molecule has 1 aromatic carbocycles. The molecule has 108 valence electrons. The highest BCUT2D eigenvalue weighted by Crippen LogP contribution is 2.27. The Kier molecular flexibility index (Phi) is 3.80. The van der Waals surface area contributed by atoms with Gasteiger partial charge in [0.05, 0.1) is 11.2 Å². The number of hydrogen-bond donors (Lipinski definition) is 2. The Bertz CT molecular complexity index is 764. The molecule has 0 aliphatic rings. The van der Waals surface area contributed by atoms with Crippen molar-refractivity contribution in [2.24, 2.45) is 0 Å². The summed E-state index contributed by atoms with van der Waals surface area (Å²) in [4.78, 5) is 7.14. The van der Waals surface area contributed by atoms with Gasteiger partial charge in [-0.3, -0.25) is 4.98 Å². The molecule has 2 heterocycles. The zero-order chi connectivity index (χ0) is 14.8. The van der Waals surface area contributed by atoms with Gasteiger partial charge in [0.2, 0.25) is 0 Å². The molecule has 3 nitrogen and oxygen atoms in total. The van der Waals surface area contributed by atoms with E-state index in [4.69, 9.17) is 5.73 Å². The van der Waals surface area contributed by atoms with Crippen LogP contribution in [0.15, 0.2) is 42.6 Å². The van der Waals surface area contributed by atoms with Crippen molar-refractivity contribution < 1.29 is 0 Å². The fourth-order valence-corrected chi connectivity index (χ4v) is 3.55. The molecular weight excluding hydrogens is 278 g/mol. The normalized spacial score (nSPS) is 12.5. The number of hydrogen-bond acceptors (Lipinski definition) is 4. The highest BCUT2D eigenvalue weighted by atomic mass is 32.1. The van der Waals surface area contributed by atoms with Crippen LogP contribution in [-0.2, 0) is 6.42 Å². The van der Waals surface area contributed by atoms with Crippen LogP contribution in [0.3, 0.4) is 0 Å². The van der Waals surface area contributed by atoms with Crippen molar-refractivity contribution >= 4 is 33.6 Å². The Morgan fingerprint density at radius 3 is 2.86 bits per heavy atom. The van der Waals surface area contributed by atoms with Crippen LogP contribution in [0.25, 0.3) is 10.9 Å². The van der Waals surface area contributed by atoms with E-state index < -0.39 is 0 Å². The van der Waals surface area contributed by atoms with E-state index in [1.54, 1.807) is 6.20 Å². The smallest absolute Gasteiger partial charge is 0.0951 e. The SMILES string of the molecule is Cc1ccc(CC(C)Nc2ccc(N)c3ncccc23)s1. The lowest BCUT2D eigenvalue weighted by molar-refractivity contribution is 0.802. The highest BCUT2D eigenvalue weighted by Gasteiger charge is 2.09. The largest absolute Gasteiger partial charge is 0.397 e. The van der Waals surface area contributed by atoms with Crippen LogP contribution in [0.4, 0.5) is 11.4 Å². The van der Waals surface area contributed by atoms with Gasteiger partial charge in [-0.25, -0.2) is 0 Å². The van der Waals surface area contributed by atoms with Gasteiger partial charge >= 0.3 is 0 Å². The summed E-state index contributed by atoms with van der Waals surface area (Å²) in [6.07, 6.45) is 2.80. The molecule has 0 saturated carbocycles. The van der Waals surface area contributed by atoms with E-state index in [9.17, 15) is 0 Å². The van der Waals surface area contributed by atoms with Gasteiger partial charge in [-0.15, -0.1) is 11.3 Å². The molecule has 0 bridgehead atoms. The number of nitrogens with one attached hydrogen (secondary N) is 1. The molecule has 1 unspecified atom stereocenters. The number of nitrogens with two attached hydrogens (primary N) is 1. The van der Waals surface area contributed by atoms with Crippen LogP contribution in [0, 0.1) is 6.92 Å². The summed E-state index contributed by atoms with van der Waals surface area (Å²) in [6, 6.07) is 12.7. The molecule has 21 heavy (non-hydrogen) atoms. The Balaban J connectivity index is 1.83. The first-order valence-corrected chi connectivity index (χ1v) is 7.90. The monoisotopic (exact) mass is 297 g/mol. The third-order valence-corrected chi connectivity index (χ3v) is 4.53. The van der Waals surface area contributed by atoms with Crippen LogP contribution in [0.2, 0.25) is 0 Å². The summed E-state index contributed by atoms with van der Waals surface area (Å²) in [5.41, 5.74) is 8.67. The van der Waals surface area contributed by atoms with Crippen molar-refractivity contribution in [3.8, 4) is 0 Å². The van der Waals surface area contributed by atoms with E-state index in [0.717, 1.165) is 28.7 Å². The van der Waals surface area contributed by atoms with Crippen molar-refractivity contribution in [3.05, 3.63) is 52.3 Å². The molecule has 0 spiro atoms. The Labute approximate surface area is 128 Å². The summed E-state index contributed by atoms with van der Waals surface area (Å²) in [7, 11) is 0. The molecule has 3 N–H and O–H groups in total. The minimum atomic E-state index is 0.357. The number of rotatable bonds is 4. The predicted octanol–water partition coefficient (Wildman–Crippen LogP) is 4.23. The van der Waals surface area contributed by atoms with Gasteiger partial charge in [-0.1, -0.05) is 0 Å². The number of nitrogens with zero attached hydrogens (tertiary/aromatic N) is 1. The third kappa shape index (κ3) is 3.00. The maximum atomic E-state index is 5.99. The summed E-state index contributed by atoms with van der Waals surface area (Å²) >= 11 is 1.86. The summed E-state index contributed by atoms with van der Waals surface area (Å²) in [6.45, 7) is 4.35. The molecule has 3 rings (SSSR count). The van der Waals surface area contributed by atoms with Gasteiger partial charge < -0.3 is 11.1 Å². The molecule has 0 saturated heterocycles. The number of nitrogen functional groups attached to an aromatic ring is 1. The van der Waals surface area contributed by atoms with Crippen LogP contribution in [0.5, 0.6) is 0 Å². The molecule has 0 fully saturated rings. The maximum Gasteiger partial charge on any atom is 0.0951 e. The van der Waals surface area contributed by atoms with Crippen LogP contribution >= 0.6 is 11.3 Å². The average molecular weight is 297 g/mol. The summed E-state index contributed by atoms with van der Waals surface area (Å²) in [5.74, 6) is 0. The first-order valence-electron chi connectivity index (χ1n) is 7.08. The second kappa shape index (κ2) is 5.74. The Morgan fingerprint density at radius 1 is 1.24 bits per heavy atom. The fraction of sp³-hybridized carbons (Fsp3) is 0.235. The van der Waals surface area contributed by atoms with Gasteiger partial charge in [0, 0.05) is 39.5 Å². The zero-order valence-electron chi connectivity index (χ0n) is 12.3. The van der Waals surface area contributed by atoms with E-state index in [1.165, 1.54) is 9.75 Å². The highest BCUT2D eigenvalue weighted by molar-refractivity contribution is 7.11. The minimum Gasteiger partial charge on any atom is -0.397 e. The van der Waals surface area contributed by atoms with Crippen molar-refractivity contribution in [2.75, 3.05) is 11.1 Å². The van der Waals surface area contributed by atoms with Crippen molar-refractivity contribution in [1.82, 2.24) is 4.98 Å². The van der Waals surface area contributed by atoms with Gasteiger partial charge in [-0.05, 0) is 50.2 Å². The number of fused-ring (bicyclic) bond motifs is 1. The molecule has 0 aliphatic heterocycles. The summed E-state index contributed by atoms with van der Waals surface area (Å²) in [5, 5.41) is 4.66. The van der Waals surface area contributed by atoms with Gasteiger partial charge in [0.25, 0.3) is 0 Å². The number of aryl methyl sites for hydroxylation is 1. The predicted molar refractivity (Wildman–Crippen MR) is 92.0 cm³/mol. The lowest BCUT2D eigenvalue weighted by Gasteiger charge is -2.16. The molecular formula is C17H19N3S. The van der Waals surface area contributed by atoms with Crippen molar-refractivity contribution in [1.29, 1.82) is 0 Å². The number of benzene rings is 1. The molecule has 2 aromatic heterocycles. The van der Waals surface area contributed by atoms with Crippen LogP contribution in [-0.4, -0.2) is 11.0 Å². The van der Waals surface area contributed by atoms with Crippen LogP contribution in [0.1, 0.15) is 16.7 Å². The zero-order valence-corrected chi connectivity index (χ0v) is 13.1. The average Bonchev–Trinajstić information content (AvgIpc) is 2.87. The van der Waals surface area contributed by atoms with E-state index in [0.29, 0.717) is 6.04 Å². The van der Waals surface area contributed by atoms with E-state index in [-0.39, 0.29) is 0 Å². The molecule has 4 heteroatoms. The topological polar surface area (TPSA) is 50.9 Å². The standard InChI is InChI=1S/C17H19N3S/c1-11(10-13-6-5-12(2)21-13)20-16-8-7-15(18)17-14(16)4-3-9-19-17/h3-9,11,20H,10,18H2,1-2H3. The Hall–Kier alpha value is -2.07. The molecule has 0 aliphatic carbocycles. The quantitative estimate of drug-likeness (QED) is 0.709. The second-order valence-electron chi connectivity index (χ2n) is 5.36. The fourth-order valence-electron chi connectivity index (χ4n) is 2.53. The van der Waals surface area contributed by atoms with E-state index in [2.05, 4.69) is 42.3 Å². The van der Waals surface area contributed by atoms with E-state index >= 15 is 0 Å². The lowest BCUT2D eigenvalue weighted by atomic mass is 10.1. The minimum absolute atomic E-state index is 0.357. The number of aromatic nitrogens is 1. The number of thiophene rings is 1. The molecule has 3 aromatic rings. The van der Waals surface area contributed by atoms with Crippen molar-refractivity contribution in [2.45, 2.75) is 26.3 Å². The van der Waals surface area contributed by atoms with Crippen LogP contribution < -0.4 is 11.1 Å². The molecule has 1 atom stereocenters. The first kappa shape index (κ1) is 13.9. The van der Waals surface area contributed by atoms with Gasteiger partial charge in [0.1, 0.15) is 0 Å². The van der Waals surface area contributed by atoms with Gasteiger partial charge in [-0.2, -0.15) is 0 Å². The third-order valence-electron chi connectivity index (χ3n) is 3.51. The van der Waals surface area contributed by atoms with E-state index in [1.807, 2.05) is 29.5 Å². The maximum absolute atomic E-state index is 5.99. The second-order valence-corrected chi connectivity index (χ2v) is 6.74. The lowest BCUT2D eigenvalue weighted by Crippen LogP contribution is -2.17. The number of pyridine rings is 1. The van der Waals surface area contributed by atoms with Gasteiger partial charge in [0.15, 0.2) is 0 Å². The Morgan fingerprint density at radius 2 is 2.10 bits per heavy atom.